The molecule has 0 aliphatic carbocycles. The van der Waals surface area contributed by atoms with E-state index < -0.39 is 0 Å². The number of carbonyl (C=O) groups is 1. The molecule has 0 saturated heterocycles. The van der Waals surface area contributed by atoms with E-state index in [0.29, 0.717) is 5.71 Å². The maximum absolute atomic E-state index is 10.0. The van der Waals surface area contributed by atoms with E-state index in [-0.39, 0.29) is 31.6 Å². The summed E-state index contributed by atoms with van der Waals surface area (Å²) >= 11 is 0. The molecule has 0 unspecified atom stereocenters. The molecule has 1 radical (unpaired) electrons. The van der Waals surface area contributed by atoms with E-state index in [0.717, 1.165) is 39.1 Å². The molecule has 7 heteroatoms. The van der Waals surface area contributed by atoms with Crippen LogP contribution in [0, 0.1) is 6.07 Å². The van der Waals surface area contributed by atoms with Gasteiger partial charge in [-0.25, -0.2) is 4.98 Å². The van der Waals surface area contributed by atoms with Crippen LogP contribution in [0.1, 0.15) is 13.8 Å². The molecule has 2 aromatic heterocycles. The fraction of sp³-hybridized carbons (Fsp3) is 0.0690. The number of fused-ring (bicyclic) bond motifs is 4. The van der Waals surface area contributed by atoms with Gasteiger partial charge in [0.25, 0.3) is 11.4 Å². The summed E-state index contributed by atoms with van der Waals surface area (Å²) in [6.45, 7) is 2.85. The van der Waals surface area contributed by atoms with Gasteiger partial charge in [-0.2, -0.15) is 6.07 Å². The summed E-state index contributed by atoms with van der Waals surface area (Å²) in [7, 11) is 0. The standard InChI is InChI=1S/C24H14N3O.C5H8O2.Ir/c1-2-7-17(8-3-1)26-16-27(22-11-5-4-10-21(22)26)18-12-13-19-20-9-6-14-25-24(20)28-23(19)15-18;1-4(6)3-5(2)7;/h1-11,13-15H;3,6H,1-2H3;/q+1;;/b;4-3-;. The first-order valence-corrected chi connectivity index (χ1v) is 11.1. The average molecular weight is 653 g/mol. The van der Waals surface area contributed by atoms with Crippen LogP contribution in [0.2, 0.25) is 0 Å². The zero-order valence-corrected chi connectivity index (χ0v) is 22.0. The molecule has 0 amide bonds. The number of aliphatic hydroxyl groups is 1. The van der Waals surface area contributed by atoms with Crippen molar-refractivity contribution in [2.75, 3.05) is 0 Å². The Kier molecular flexibility index (Phi) is 7.37. The van der Waals surface area contributed by atoms with Crippen molar-refractivity contribution >= 4 is 56.6 Å². The number of hydrogen-bond acceptors (Lipinski definition) is 4. The normalized spacial score (nSPS) is 12.2. The largest absolute Gasteiger partial charge is 0.512 e. The SMILES string of the molecule is C1=[N+](c2[c-]cc3c(c2)oc2ncccc23)c2ccccc2[N+]=1c1ccccc1.CC(=O)/C=C(/C)O.[Ir]. The number of carbonyl (C=O) groups excluding carboxylic acids is 1. The van der Waals surface area contributed by atoms with E-state index in [1.165, 1.54) is 19.9 Å². The van der Waals surface area contributed by atoms with Gasteiger partial charge in [0.15, 0.2) is 5.78 Å². The number of furan rings is 1. The van der Waals surface area contributed by atoms with Gasteiger partial charge in [0.1, 0.15) is 5.69 Å². The van der Waals surface area contributed by atoms with Gasteiger partial charge in [-0.05, 0) is 29.9 Å². The Morgan fingerprint density at radius 3 is 2.33 bits per heavy atom. The number of aliphatic hydroxyl groups excluding tert-OH is 1. The number of ketones is 1. The Morgan fingerprint density at radius 1 is 0.972 bits per heavy atom. The first-order valence-electron chi connectivity index (χ1n) is 11.1. The maximum atomic E-state index is 10.0. The molecule has 6 nitrogen and oxygen atoms in total. The molecule has 3 heterocycles. The summed E-state index contributed by atoms with van der Waals surface area (Å²) in [6, 6.07) is 33.2. The van der Waals surface area contributed by atoms with Crippen LogP contribution >= 0.6 is 0 Å². The van der Waals surface area contributed by atoms with Crippen molar-refractivity contribution in [3.63, 3.8) is 0 Å². The van der Waals surface area contributed by atoms with E-state index in [1.54, 1.807) is 6.20 Å². The molecule has 1 aliphatic heterocycles. The van der Waals surface area contributed by atoms with E-state index in [9.17, 15) is 4.79 Å². The first-order chi connectivity index (χ1) is 17.0. The van der Waals surface area contributed by atoms with Crippen LogP contribution in [0.3, 0.4) is 0 Å². The summed E-state index contributed by atoms with van der Waals surface area (Å²) in [4.78, 5) is 14.3. The van der Waals surface area contributed by atoms with Crippen LogP contribution in [0.25, 0.3) is 22.1 Å². The number of aromatic nitrogens is 1. The fourth-order valence-corrected chi connectivity index (χ4v) is 3.97. The van der Waals surface area contributed by atoms with Crippen molar-refractivity contribution in [3.8, 4) is 0 Å². The van der Waals surface area contributed by atoms with Gasteiger partial charge in [0, 0.05) is 62.2 Å². The quantitative estimate of drug-likeness (QED) is 0.100. The van der Waals surface area contributed by atoms with Gasteiger partial charge in [-0.15, -0.1) is 6.07 Å². The van der Waals surface area contributed by atoms with E-state index in [4.69, 9.17) is 9.52 Å². The summed E-state index contributed by atoms with van der Waals surface area (Å²) < 4.78 is 10.0. The Balaban J connectivity index is 0.000000338. The molecular formula is C29H22IrN3O3+. The van der Waals surface area contributed by atoms with Crippen molar-refractivity contribution in [2.24, 2.45) is 0 Å². The molecular weight excluding hydrogens is 631 g/mol. The predicted molar refractivity (Wildman–Crippen MR) is 138 cm³/mol. The number of benzene rings is 3. The topological polar surface area (TPSA) is 69.3 Å². The molecule has 1 aliphatic rings. The Bertz CT molecular complexity index is 1680. The summed E-state index contributed by atoms with van der Waals surface area (Å²) in [6.07, 6.45) is 2.91. The van der Waals surface area contributed by atoms with Gasteiger partial charge in [0.2, 0.25) is 11.4 Å². The third kappa shape index (κ3) is 4.95. The minimum atomic E-state index is -0.125. The molecule has 6 rings (SSSR count). The first kappa shape index (κ1) is 25.0. The van der Waals surface area contributed by atoms with Gasteiger partial charge < -0.3 is 9.52 Å². The number of rotatable bonds is 3. The van der Waals surface area contributed by atoms with Crippen LogP contribution in [0.5, 0.6) is 0 Å². The van der Waals surface area contributed by atoms with Crippen LogP contribution in [-0.2, 0) is 24.9 Å². The molecule has 36 heavy (non-hydrogen) atoms. The molecule has 0 saturated carbocycles. The maximum Gasteiger partial charge on any atom is 0.501 e. The molecule has 0 atom stereocenters. The molecule has 5 aromatic rings. The van der Waals surface area contributed by atoms with Crippen molar-refractivity contribution in [1.82, 2.24) is 14.1 Å². The number of hydrogen-bond donors (Lipinski definition) is 1. The third-order valence-corrected chi connectivity index (χ3v) is 5.40. The Labute approximate surface area is 221 Å². The van der Waals surface area contributed by atoms with E-state index in [2.05, 4.69) is 45.9 Å². The summed E-state index contributed by atoms with van der Waals surface area (Å²) in [5.74, 6) is -0.0625. The van der Waals surface area contributed by atoms with Gasteiger partial charge in [0.05, 0.1) is 5.76 Å². The predicted octanol–water partition coefficient (Wildman–Crippen LogP) is 6.67. The van der Waals surface area contributed by atoms with Crippen LogP contribution in [-0.4, -0.2) is 21.9 Å². The van der Waals surface area contributed by atoms with E-state index >= 15 is 0 Å². The number of para-hydroxylation sites is 3. The second-order valence-electron chi connectivity index (χ2n) is 8.05. The molecule has 0 spiro atoms. The number of nitrogens with zero attached hydrogens (tertiary/aromatic N) is 3. The molecule has 179 valence electrons. The van der Waals surface area contributed by atoms with Crippen LogP contribution in [0.15, 0.2) is 101 Å². The minimum absolute atomic E-state index is 0. The monoisotopic (exact) mass is 653 g/mol. The van der Waals surface area contributed by atoms with Crippen molar-refractivity contribution in [1.29, 1.82) is 0 Å². The second-order valence-corrected chi connectivity index (χ2v) is 8.05. The average Bonchev–Trinajstić information content (AvgIpc) is 3.42. The zero-order valence-electron chi connectivity index (χ0n) is 19.6. The van der Waals surface area contributed by atoms with Crippen LogP contribution in [0.4, 0.5) is 22.7 Å². The minimum Gasteiger partial charge on any atom is -0.512 e. The van der Waals surface area contributed by atoms with Gasteiger partial charge >= 0.3 is 6.01 Å². The van der Waals surface area contributed by atoms with Crippen molar-refractivity contribution in [3.05, 3.63) is 103 Å². The van der Waals surface area contributed by atoms with Crippen molar-refractivity contribution < 1.29 is 34.4 Å². The second kappa shape index (κ2) is 10.6. The molecule has 0 bridgehead atoms. The molecule has 0 fully saturated rings. The number of allylic oxidation sites excluding steroid dienone is 2. The van der Waals surface area contributed by atoms with Crippen molar-refractivity contribution in [2.45, 2.75) is 13.8 Å². The smallest absolute Gasteiger partial charge is 0.501 e. The van der Waals surface area contributed by atoms with Crippen LogP contribution < -0.4 is 9.15 Å². The summed E-state index contributed by atoms with van der Waals surface area (Å²) in [5, 5.41) is 10.4. The fourth-order valence-electron chi connectivity index (χ4n) is 3.97. The molecule has 3 aromatic carbocycles. The molecule has 1 N–H and O–H groups in total. The van der Waals surface area contributed by atoms with Gasteiger partial charge in [-0.1, -0.05) is 52.4 Å². The summed E-state index contributed by atoms with van der Waals surface area (Å²) in [5.41, 5.74) is 5.50. The van der Waals surface area contributed by atoms with Gasteiger partial charge in [-0.3, -0.25) is 4.79 Å². The zero-order chi connectivity index (χ0) is 24.4. The Morgan fingerprint density at radius 2 is 1.67 bits per heavy atom. The Hall–Kier alpha value is -4.15. The number of pyridine rings is 1. The van der Waals surface area contributed by atoms with E-state index in [1.807, 2.05) is 59.2 Å². The third-order valence-electron chi connectivity index (χ3n) is 5.40.